The molecule has 2 aliphatic heterocycles. The molecule has 2 saturated heterocycles. The van der Waals surface area contributed by atoms with Crippen LogP contribution < -0.4 is 15.4 Å². The van der Waals surface area contributed by atoms with Gasteiger partial charge in [0.15, 0.2) is 5.66 Å². The number of piperazine rings is 1. The minimum absolute atomic E-state index is 0.0719. The van der Waals surface area contributed by atoms with Crippen molar-refractivity contribution < 1.29 is 32.3 Å². The Kier molecular flexibility index (Phi) is 10.7. The number of hydroxylamine groups is 2. The summed E-state index contributed by atoms with van der Waals surface area (Å²) in [6.07, 6.45) is -4.62. The smallest absolute Gasteiger partial charge is 0.416 e. The summed E-state index contributed by atoms with van der Waals surface area (Å²) in [4.78, 5) is 35.9. The van der Waals surface area contributed by atoms with Gasteiger partial charge < -0.3 is 9.64 Å². The molecule has 9 nitrogen and oxygen atoms in total. The van der Waals surface area contributed by atoms with Crippen LogP contribution >= 0.6 is 23.2 Å². The molecule has 5 rings (SSSR count). The molecule has 2 atom stereocenters. The van der Waals surface area contributed by atoms with Gasteiger partial charge in [-0.25, -0.2) is 5.06 Å². The highest BCUT2D eigenvalue weighted by molar-refractivity contribution is 6.30. The molecule has 252 valence electrons. The molecule has 14 heteroatoms. The van der Waals surface area contributed by atoms with Crippen LogP contribution in [0.25, 0.3) is 0 Å². The Balaban J connectivity index is 1.59. The molecule has 0 bridgehead atoms. The van der Waals surface area contributed by atoms with Gasteiger partial charge in [0.1, 0.15) is 5.75 Å². The van der Waals surface area contributed by atoms with Crippen molar-refractivity contribution in [1.29, 1.82) is 0 Å². The lowest BCUT2D eigenvalue weighted by atomic mass is 9.94. The van der Waals surface area contributed by atoms with Crippen LogP contribution in [-0.2, 0) is 26.3 Å². The zero-order valence-corrected chi connectivity index (χ0v) is 27.6. The second-order valence-electron chi connectivity index (χ2n) is 11.4. The molecule has 2 amide bonds. The molecule has 3 aromatic carbocycles. The van der Waals surface area contributed by atoms with Crippen LogP contribution in [0.5, 0.6) is 5.75 Å². The summed E-state index contributed by atoms with van der Waals surface area (Å²) < 4.78 is 47.4. The number of amides is 2. The lowest BCUT2D eigenvalue weighted by molar-refractivity contribution is -0.170. The van der Waals surface area contributed by atoms with Gasteiger partial charge in [-0.3, -0.25) is 30.0 Å². The third kappa shape index (κ3) is 7.53. The van der Waals surface area contributed by atoms with Crippen molar-refractivity contribution in [1.82, 2.24) is 25.5 Å². The average molecular weight is 695 g/mol. The second kappa shape index (κ2) is 14.4. The molecule has 2 fully saturated rings. The predicted octanol–water partition coefficient (Wildman–Crippen LogP) is 5.40. The summed E-state index contributed by atoms with van der Waals surface area (Å²) in [6, 6.07) is 16.5. The second-order valence-corrected chi connectivity index (χ2v) is 12.3. The fourth-order valence-electron chi connectivity index (χ4n) is 5.98. The Hall–Kier alpha value is -3.39. The number of halogens is 5. The summed E-state index contributed by atoms with van der Waals surface area (Å²) in [5.41, 5.74) is -0.795. The fraction of sp³-hybridized carbons (Fsp3) is 0.394. The topological polar surface area (TPSA) is 86.4 Å². The molecule has 0 radical (unpaired) electrons. The molecule has 0 spiro atoms. The molecule has 2 N–H and O–H groups in total. The largest absolute Gasteiger partial charge is 0.493 e. The molecular weight excluding hydrogens is 658 g/mol. The van der Waals surface area contributed by atoms with Gasteiger partial charge in [0.05, 0.1) is 37.9 Å². The number of hydrogen-bond acceptors (Lipinski definition) is 7. The zero-order valence-electron chi connectivity index (χ0n) is 26.1. The van der Waals surface area contributed by atoms with Gasteiger partial charge in [0, 0.05) is 48.8 Å². The van der Waals surface area contributed by atoms with Crippen LogP contribution in [0.4, 0.5) is 13.2 Å². The van der Waals surface area contributed by atoms with Gasteiger partial charge in [0.2, 0.25) is 0 Å². The van der Waals surface area contributed by atoms with Crippen molar-refractivity contribution in [2.75, 3.05) is 53.5 Å². The van der Waals surface area contributed by atoms with E-state index in [1.807, 2.05) is 29.2 Å². The van der Waals surface area contributed by atoms with E-state index < -0.39 is 35.4 Å². The van der Waals surface area contributed by atoms with Gasteiger partial charge in [0.25, 0.3) is 11.8 Å². The number of carbonyl (C=O) groups excluding carboxylic acids is 2. The van der Waals surface area contributed by atoms with Crippen LogP contribution in [0.1, 0.15) is 41.3 Å². The minimum atomic E-state index is -4.62. The molecule has 2 unspecified atom stereocenters. The summed E-state index contributed by atoms with van der Waals surface area (Å²) in [6.45, 7) is 3.20. The van der Waals surface area contributed by atoms with Gasteiger partial charge in [-0.15, -0.1) is 0 Å². The first-order valence-corrected chi connectivity index (χ1v) is 15.8. The van der Waals surface area contributed by atoms with E-state index in [-0.39, 0.29) is 43.5 Å². The molecule has 0 aromatic heterocycles. The Morgan fingerprint density at radius 3 is 1.91 bits per heavy atom. The van der Waals surface area contributed by atoms with Gasteiger partial charge in [-0.2, -0.15) is 13.2 Å². The van der Waals surface area contributed by atoms with Crippen LogP contribution in [0, 0.1) is 0 Å². The predicted molar refractivity (Wildman–Crippen MR) is 172 cm³/mol. The number of carbonyl (C=O) groups is 2. The van der Waals surface area contributed by atoms with Gasteiger partial charge >= 0.3 is 6.18 Å². The van der Waals surface area contributed by atoms with Crippen LogP contribution in [-0.4, -0.2) is 80.2 Å². The first-order chi connectivity index (χ1) is 22.4. The normalized spacial score (nSPS) is 21.9. The molecular formula is C33H36Cl2F3N5O4. The maximum Gasteiger partial charge on any atom is 0.416 e. The number of ether oxygens (including phenoxy) is 1. The number of hydrogen-bond donors (Lipinski definition) is 2. The molecule has 47 heavy (non-hydrogen) atoms. The Labute approximate surface area is 281 Å². The number of likely N-dealkylation sites (N-methyl/N-ethyl adjacent to an activating group) is 1. The highest BCUT2D eigenvalue weighted by Gasteiger charge is 2.55. The summed E-state index contributed by atoms with van der Waals surface area (Å²) in [7, 11) is 2.93. The van der Waals surface area contributed by atoms with Crippen molar-refractivity contribution >= 4 is 35.0 Å². The summed E-state index contributed by atoms with van der Waals surface area (Å²) in [5, 5.41) is 9.22. The van der Waals surface area contributed by atoms with Crippen molar-refractivity contribution in [3.8, 4) is 5.75 Å². The van der Waals surface area contributed by atoms with Gasteiger partial charge in [-0.1, -0.05) is 53.5 Å². The van der Waals surface area contributed by atoms with Crippen molar-refractivity contribution in [2.45, 2.75) is 30.8 Å². The van der Waals surface area contributed by atoms with E-state index in [1.165, 1.54) is 20.2 Å². The number of nitrogens with one attached hydrogen (secondary N) is 2. The molecule has 0 aliphatic carbocycles. The summed E-state index contributed by atoms with van der Waals surface area (Å²) in [5.74, 6) is -0.701. The first kappa shape index (κ1) is 34.9. The maximum absolute atomic E-state index is 14.9. The average Bonchev–Trinajstić information content (AvgIpc) is 3.46. The fourth-order valence-corrected chi connectivity index (χ4v) is 6.24. The Morgan fingerprint density at radius 1 is 0.915 bits per heavy atom. The highest BCUT2D eigenvalue weighted by atomic mass is 35.5. The molecule has 0 saturated carbocycles. The first-order valence-electron chi connectivity index (χ1n) is 15.1. The monoisotopic (exact) mass is 693 g/mol. The molecule has 3 aromatic rings. The van der Waals surface area contributed by atoms with Gasteiger partial charge in [-0.05, 0) is 54.4 Å². The molecule has 2 aliphatic rings. The van der Waals surface area contributed by atoms with E-state index in [9.17, 15) is 22.8 Å². The lowest BCUT2D eigenvalue weighted by Crippen LogP contribution is -2.62. The SMILES string of the molecule is CCOc1cc(C(F)(F)F)ccc1C1(C(=O)N2CCN(CC(=O)N(C)OC)CC2)NC(c2ccc(Cl)cc2)C(c2ccc(Cl)cc2)N1. The van der Waals surface area contributed by atoms with Crippen molar-refractivity contribution in [2.24, 2.45) is 0 Å². The third-order valence-corrected chi connectivity index (χ3v) is 9.02. The Bertz CT molecular complexity index is 1510. The number of rotatable bonds is 9. The van der Waals surface area contributed by atoms with Crippen molar-refractivity contribution in [3.63, 3.8) is 0 Å². The van der Waals surface area contributed by atoms with Crippen LogP contribution in [0.2, 0.25) is 10.0 Å². The number of benzene rings is 3. The van der Waals surface area contributed by atoms with E-state index >= 15 is 0 Å². The quantitative estimate of drug-likeness (QED) is 0.290. The van der Waals surface area contributed by atoms with E-state index in [0.717, 1.165) is 28.3 Å². The summed E-state index contributed by atoms with van der Waals surface area (Å²) >= 11 is 12.4. The highest BCUT2D eigenvalue weighted by Crippen LogP contribution is 2.46. The number of alkyl halides is 3. The zero-order chi connectivity index (χ0) is 33.9. The van der Waals surface area contributed by atoms with E-state index in [4.69, 9.17) is 32.8 Å². The van der Waals surface area contributed by atoms with E-state index in [1.54, 1.807) is 36.1 Å². The number of nitrogens with zero attached hydrogens (tertiary/aromatic N) is 3. The maximum atomic E-state index is 14.9. The minimum Gasteiger partial charge on any atom is -0.493 e. The van der Waals surface area contributed by atoms with E-state index in [2.05, 4.69) is 10.6 Å². The van der Waals surface area contributed by atoms with E-state index in [0.29, 0.717) is 23.1 Å². The van der Waals surface area contributed by atoms with Crippen LogP contribution in [0.15, 0.2) is 66.7 Å². The van der Waals surface area contributed by atoms with Crippen LogP contribution in [0.3, 0.4) is 0 Å². The lowest BCUT2D eigenvalue weighted by Gasteiger charge is -2.40. The molecule has 2 heterocycles. The van der Waals surface area contributed by atoms with Crippen molar-refractivity contribution in [3.05, 3.63) is 99.0 Å². The standard InChI is InChI=1S/C33H36Cl2F3N5O4/c1-4-47-27-19-23(33(36,37)38)9-14-26(27)32(31(45)43-17-15-42(16-18-43)20-28(44)41(2)46-3)39-29(21-5-10-24(34)11-6-21)30(40-32)22-7-12-25(35)13-8-22/h5-14,19,29-30,39-40H,4,15-18,20H2,1-3H3. The third-order valence-electron chi connectivity index (χ3n) is 8.51. The Morgan fingerprint density at radius 2 is 1.45 bits per heavy atom.